The van der Waals surface area contributed by atoms with E-state index in [1.165, 1.54) is 19.1 Å². The summed E-state index contributed by atoms with van der Waals surface area (Å²) in [7, 11) is 0. The molecule has 1 aromatic carbocycles. The van der Waals surface area contributed by atoms with Crippen LogP contribution in [0, 0.1) is 0 Å². The van der Waals surface area contributed by atoms with Crippen molar-refractivity contribution in [3.8, 4) is 11.5 Å². The number of rotatable bonds is 7. The Kier molecular flexibility index (Phi) is 13.8. The van der Waals surface area contributed by atoms with Crippen molar-refractivity contribution in [1.29, 1.82) is 0 Å². The lowest BCUT2D eigenvalue weighted by Crippen LogP contribution is -2.40. The molecule has 1 aromatic rings. The highest BCUT2D eigenvalue weighted by Crippen LogP contribution is 2.27. The van der Waals surface area contributed by atoms with E-state index >= 15 is 0 Å². The number of aliphatic hydroxyl groups excluding tert-OH is 1. The number of phenolic OH excluding ortho intramolecular Hbond substituents is 2. The number of benzene rings is 1. The van der Waals surface area contributed by atoms with Crippen molar-refractivity contribution in [3.63, 3.8) is 0 Å². The SMILES string of the molecule is CC(=O)N[C@@H](CS)C(=O)O.CC(C)NCC(O)c1ccc(O)c(O)c1.Cl. The van der Waals surface area contributed by atoms with E-state index in [0.29, 0.717) is 18.2 Å². The van der Waals surface area contributed by atoms with E-state index in [1.807, 2.05) is 13.8 Å². The number of nitrogens with one attached hydrogen (secondary N) is 2. The summed E-state index contributed by atoms with van der Waals surface area (Å²) in [5.41, 5.74) is 0.582. The van der Waals surface area contributed by atoms with Crippen molar-refractivity contribution in [3.05, 3.63) is 23.8 Å². The van der Waals surface area contributed by atoms with Crippen molar-refractivity contribution in [2.24, 2.45) is 0 Å². The summed E-state index contributed by atoms with van der Waals surface area (Å²) in [6, 6.07) is 3.73. The van der Waals surface area contributed by atoms with Gasteiger partial charge >= 0.3 is 5.97 Å². The van der Waals surface area contributed by atoms with Gasteiger partial charge in [0.25, 0.3) is 0 Å². The number of carbonyl (C=O) groups excluding carboxylic acids is 1. The molecule has 0 radical (unpaired) electrons. The van der Waals surface area contributed by atoms with Gasteiger partial charge in [0, 0.05) is 25.3 Å². The highest BCUT2D eigenvalue weighted by atomic mass is 35.5. The number of hydrogen-bond donors (Lipinski definition) is 7. The Balaban J connectivity index is 0. The summed E-state index contributed by atoms with van der Waals surface area (Å²) in [4.78, 5) is 20.5. The van der Waals surface area contributed by atoms with Crippen molar-refractivity contribution in [2.45, 2.75) is 39.0 Å². The number of aliphatic hydroxyl groups is 1. The van der Waals surface area contributed by atoms with Gasteiger partial charge in [-0.3, -0.25) is 4.79 Å². The maximum atomic E-state index is 10.3. The molecule has 1 rings (SSSR count). The first-order chi connectivity index (χ1) is 11.6. The van der Waals surface area contributed by atoms with Gasteiger partial charge < -0.3 is 31.1 Å². The van der Waals surface area contributed by atoms with Gasteiger partial charge in [-0.1, -0.05) is 19.9 Å². The minimum atomic E-state index is -1.06. The lowest BCUT2D eigenvalue weighted by atomic mass is 10.1. The van der Waals surface area contributed by atoms with E-state index in [0.717, 1.165) is 0 Å². The Bertz CT molecular complexity index is 574. The summed E-state index contributed by atoms with van der Waals surface area (Å²) >= 11 is 3.73. The van der Waals surface area contributed by atoms with Crippen LogP contribution in [0.25, 0.3) is 0 Å². The molecule has 0 saturated carbocycles. The molecule has 150 valence electrons. The van der Waals surface area contributed by atoms with Crippen LogP contribution < -0.4 is 10.6 Å². The molecule has 0 aliphatic rings. The number of amides is 1. The Hall–Kier alpha value is -1.68. The zero-order chi connectivity index (χ0) is 19.6. The number of aromatic hydroxyl groups is 2. The van der Waals surface area contributed by atoms with E-state index in [-0.39, 0.29) is 35.6 Å². The molecule has 0 aliphatic carbocycles. The Morgan fingerprint density at radius 2 is 1.77 bits per heavy atom. The molecular weight excluding hydrogens is 384 g/mol. The molecule has 0 fully saturated rings. The van der Waals surface area contributed by atoms with Gasteiger partial charge in [-0.2, -0.15) is 12.6 Å². The third kappa shape index (κ3) is 11.0. The summed E-state index contributed by atoms with van der Waals surface area (Å²) in [6.45, 7) is 5.66. The van der Waals surface area contributed by atoms with Crippen LogP contribution >= 0.6 is 25.0 Å². The monoisotopic (exact) mass is 410 g/mol. The predicted octanol–water partition coefficient (Wildman–Crippen LogP) is 1.06. The van der Waals surface area contributed by atoms with E-state index < -0.39 is 18.1 Å². The van der Waals surface area contributed by atoms with Crippen molar-refractivity contribution >= 4 is 36.9 Å². The van der Waals surface area contributed by atoms with E-state index in [4.69, 9.17) is 10.2 Å². The van der Waals surface area contributed by atoms with Gasteiger partial charge in [-0.15, -0.1) is 12.4 Å². The topological polar surface area (TPSA) is 139 Å². The largest absolute Gasteiger partial charge is 0.504 e. The fourth-order valence-corrected chi connectivity index (χ4v) is 1.89. The fraction of sp³-hybridized carbons (Fsp3) is 0.500. The first-order valence-corrected chi connectivity index (χ1v) is 8.25. The van der Waals surface area contributed by atoms with Crippen molar-refractivity contribution < 1.29 is 30.0 Å². The van der Waals surface area contributed by atoms with Crippen LogP contribution in [0.5, 0.6) is 11.5 Å². The quantitative estimate of drug-likeness (QED) is 0.263. The number of thiol groups is 1. The fourth-order valence-electron chi connectivity index (χ4n) is 1.64. The average Bonchev–Trinajstić information content (AvgIpc) is 2.53. The van der Waals surface area contributed by atoms with Crippen LogP contribution in [0.2, 0.25) is 0 Å². The molecule has 0 spiro atoms. The van der Waals surface area contributed by atoms with Crippen molar-refractivity contribution in [1.82, 2.24) is 10.6 Å². The Labute approximate surface area is 164 Å². The summed E-state index contributed by atoms with van der Waals surface area (Å²) < 4.78 is 0. The van der Waals surface area contributed by atoms with Crippen LogP contribution in [0.1, 0.15) is 32.4 Å². The molecule has 2 atom stereocenters. The number of aliphatic carboxylic acids is 1. The summed E-state index contributed by atoms with van der Waals surface area (Å²) in [5, 5.41) is 41.7. The van der Waals surface area contributed by atoms with Gasteiger partial charge in [-0.05, 0) is 17.7 Å². The van der Waals surface area contributed by atoms with E-state index in [1.54, 1.807) is 6.07 Å². The van der Waals surface area contributed by atoms with Crippen LogP contribution in [-0.2, 0) is 9.59 Å². The number of carboxylic acids is 1. The smallest absolute Gasteiger partial charge is 0.327 e. The minimum absolute atomic E-state index is 0. The molecule has 0 saturated heterocycles. The molecule has 1 unspecified atom stereocenters. The Morgan fingerprint density at radius 1 is 1.19 bits per heavy atom. The molecule has 6 N–H and O–H groups in total. The molecule has 26 heavy (non-hydrogen) atoms. The van der Waals surface area contributed by atoms with Gasteiger partial charge in [0.1, 0.15) is 6.04 Å². The predicted molar refractivity (Wildman–Crippen MR) is 104 cm³/mol. The normalized spacial score (nSPS) is 12.2. The first-order valence-electron chi connectivity index (χ1n) is 7.62. The van der Waals surface area contributed by atoms with Crippen LogP contribution in [-0.4, -0.2) is 56.7 Å². The molecule has 0 bridgehead atoms. The minimum Gasteiger partial charge on any atom is -0.504 e. The van der Waals surface area contributed by atoms with Gasteiger partial charge in [0.2, 0.25) is 5.91 Å². The van der Waals surface area contributed by atoms with Gasteiger partial charge in [0.15, 0.2) is 11.5 Å². The van der Waals surface area contributed by atoms with E-state index in [9.17, 15) is 19.8 Å². The number of carbonyl (C=O) groups is 2. The second-order valence-corrected chi connectivity index (χ2v) is 5.97. The molecular formula is C16H27ClN2O6S. The summed E-state index contributed by atoms with van der Waals surface area (Å²) in [6.07, 6.45) is -0.682. The standard InChI is InChI=1S/C11H17NO3.C5H9NO3S.ClH/c1-7(2)12-6-11(15)8-3-4-9(13)10(14)5-8;1-3(7)6-4(2-10)5(8)9;/h3-5,7,11-15H,6H2,1-2H3;4,10H,2H2,1H3,(H,6,7)(H,8,9);1H/t;4-;/m.0./s1. The number of hydrogen-bond acceptors (Lipinski definition) is 7. The molecule has 0 aliphatic heterocycles. The highest BCUT2D eigenvalue weighted by Gasteiger charge is 2.15. The van der Waals surface area contributed by atoms with Gasteiger partial charge in [0.05, 0.1) is 6.10 Å². The lowest BCUT2D eigenvalue weighted by molar-refractivity contribution is -0.140. The number of phenols is 2. The van der Waals surface area contributed by atoms with Crippen LogP contribution in [0.15, 0.2) is 18.2 Å². The lowest BCUT2D eigenvalue weighted by Gasteiger charge is -2.14. The number of halogens is 1. The molecule has 8 nitrogen and oxygen atoms in total. The van der Waals surface area contributed by atoms with Crippen LogP contribution in [0.4, 0.5) is 0 Å². The summed E-state index contributed by atoms with van der Waals surface area (Å²) in [5.74, 6) is -1.71. The van der Waals surface area contributed by atoms with Crippen molar-refractivity contribution in [2.75, 3.05) is 12.3 Å². The van der Waals surface area contributed by atoms with Gasteiger partial charge in [-0.25, -0.2) is 4.79 Å². The molecule has 10 heteroatoms. The second-order valence-electron chi connectivity index (χ2n) is 5.60. The molecule has 0 heterocycles. The Morgan fingerprint density at radius 3 is 2.12 bits per heavy atom. The average molecular weight is 411 g/mol. The second kappa shape index (κ2) is 13.5. The molecule has 0 aromatic heterocycles. The van der Waals surface area contributed by atoms with E-state index in [2.05, 4.69) is 23.3 Å². The van der Waals surface area contributed by atoms with Crippen LogP contribution in [0.3, 0.4) is 0 Å². The zero-order valence-corrected chi connectivity index (χ0v) is 16.6. The maximum absolute atomic E-state index is 10.3. The zero-order valence-electron chi connectivity index (χ0n) is 14.8. The number of carboxylic acid groups (broad SMARTS) is 1. The first kappa shape index (κ1) is 26.5. The maximum Gasteiger partial charge on any atom is 0.327 e. The third-order valence-electron chi connectivity index (χ3n) is 2.96. The molecule has 1 amide bonds. The third-order valence-corrected chi connectivity index (χ3v) is 3.33. The highest BCUT2D eigenvalue weighted by molar-refractivity contribution is 7.80.